The Morgan fingerprint density at radius 1 is 1.19 bits per heavy atom. The molecule has 164 valence electrons. The van der Waals surface area contributed by atoms with Crippen molar-refractivity contribution in [1.29, 1.82) is 0 Å². The van der Waals surface area contributed by atoms with Gasteiger partial charge >= 0.3 is 0 Å². The molecule has 3 N–H and O–H groups in total. The number of benzene rings is 2. The van der Waals surface area contributed by atoms with Gasteiger partial charge in [-0.3, -0.25) is 30.6 Å². The smallest absolute Gasteiger partial charge is 0.293 e. The number of aryl methyl sites for hydroxylation is 1. The Morgan fingerprint density at radius 3 is 2.77 bits per heavy atom. The number of hydrazine groups is 1. The van der Waals surface area contributed by atoms with Crippen LogP contribution in [0.2, 0.25) is 0 Å². The van der Waals surface area contributed by atoms with Crippen molar-refractivity contribution in [2.24, 2.45) is 0 Å². The van der Waals surface area contributed by atoms with Gasteiger partial charge in [0.05, 0.1) is 18.1 Å². The molecule has 0 unspecified atom stereocenters. The number of rotatable bonds is 8. The third kappa shape index (κ3) is 5.70. The van der Waals surface area contributed by atoms with E-state index in [-0.39, 0.29) is 29.4 Å². The summed E-state index contributed by atoms with van der Waals surface area (Å²) in [5.74, 6) is -1.02. The number of ether oxygens (including phenoxy) is 1. The SMILES string of the molecule is COCCNc1ccc(C(=O)NNC(=O)CN2CCCc3ccccc32)cc1[N+](=O)[O-]. The second-order valence-electron chi connectivity index (χ2n) is 7.06. The molecule has 0 aromatic heterocycles. The van der Waals surface area contributed by atoms with Crippen LogP contribution in [0.1, 0.15) is 22.3 Å². The number of nitro groups is 1. The summed E-state index contributed by atoms with van der Waals surface area (Å²) in [7, 11) is 1.53. The van der Waals surface area contributed by atoms with Gasteiger partial charge in [0.25, 0.3) is 17.5 Å². The lowest BCUT2D eigenvalue weighted by Crippen LogP contribution is -2.47. The van der Waals surface area contributed by atoms with E-state index in [0.717, 1.165) is 31.1 Å². The number of methoxy groups -OCH3 is 1. The maximum atomic E-state index is 12.4. The van der Waals surface area contributed by atoms with E-state index in [1.807, 2.05) is 29.2 Å². The van der Waals surface area contributed by atoms with Crippen LogP contribution in [-0.2, 0) is 16.0 Å². The van der Waals surface area contributed by atoms with Crippen molar-refractivity contribution in [3.63, 3.8) is 0 Å². The van der Waals surface area contributed by atoms with Crippen LogP contribution in [0, 0.1) is 10.1 Å². The molecular weight excluding hydrogens is 402 g/mol. The lowest BCUT2D eigenvalue weighted by molar-refractivity contribution is -0.384. The first kappa shape index (κ1) is 22.0. The van der Waals surface area contributed by atoms with Crippen LogP contribution >= 0.6 is 0 Å². The van der Waals surface area contributed by atoms with Gasteiger partial charge in [0.15, 0.2) is 0 Å². The molecule has 0 saturated heterocycles. The molecule has 2 aromatic carbocycles. The highest BCUT2D eigenvalue weighted by Gasteiger charge is 2.20. The zero-order valence-electron chi connectivity index (χ0n) is 17.2. The number of carbonyl (C=O) groups is 2. The van der Waals surface area contributed by atoms with Gasteiger partial charge in [0, 0.05) is 37.5 Å². The van der Waals surface area contributed by atoms with Crippen molar-refractivity contribution in [2.45, 2.75) is 12.8 Å². The minimum Gasteiger partial charge on any atom is -0.383 e. The van der Waals surface area contributed by atoms with E-state index in [0.29, 0.717) is 13.2 Å². The molecule has 1 aliphatic heterocycles. The van der Waals surface area contributed by atoms with Crippen LogP contribution < -0.4 is 21.1 Å². The molecule has 3 rings (SSSR count). The molecule has 1 heterocycles. The third-order valence-electron chi connectivity index (χ3n) is 4.93. The molecule has 10 heteroatoms. The van der Waals surface area contributed by atoms with Crippen LogP contribution in [0.5, 0.6) is 0 Å². The molecule has 31 heavy (non-hydrogen) atoms. The number of para-hydroxylation sites is 1. The van der Waals surface area contributed by atoms with Crippen molar-refractivity contribution in [3.8, 4) is 0 Å². The monoisotopic (exact) mass is 427 g/mol. The van der Waals surface area contributed by atoms with Gasteiger partial charge < -0.3 is 15.0 Å². The molecule has 0 saturated carbocycles. The second kappa shape index (κ2) is 10.4. The molecule has 2 aromatic rings. The Bertz CT molecular complexity index is 965. The largest absolute Gasteiger partial charge is 0.383 e. The predicted octanol–water partition coefficient (Wildman–Crippen LogP) is 1.87. The highest BCUT2D eigenvalue weighted by molar-refractivity contribution is 5.97. The maximum Gasteiger partial charge on any atom is 0.293 e. The summed E-state index contributed by atoms with van der Waals surface area (Å²) >= 11 is 0. The van der Waals surface area contributed by atoms with Crippen LogP contribution in [0.25, 0.3) is 0 Å². The molecule has 0 spiro atoms. The fourth-order valence-electron chi connectivity index (χ4n) is 3.45. The third-order valence-corrected chi connectivity index (χ3v) is 4.93. The number of hydrogen-bond acceptors (Lipinski definition) is 7. The van der Waals surface area contributed by atoms with Crippen LogP contribution in [0.15, 0.2) is 42.5 Å². The van der Waals surface area contributed by atoms with Crippen molar-refractivity contribution < 1.29 is 19.2 Å². The summed E-state index contributed by atoms with van der Waals surface area (Å²) in [4.78, 5) is 37.5. The summed E-state index contributed by atoms with van der Waals surface area (Å²) in [6.07, 6.45) is 1.92. The molecule has 0 fully saturated rings. The summed E-state index contributed by atoms with van der Waals surface area (Å²) in [6.45, 7) is 1.62. The lowest BCUT2D eigenvalue weighted by Gasteiger charge is -2.30. The Hall–Kier alpha value is -3.66. The highest BCUT2D eigenvalue weighted by atomic mass is 16.6. The fourth-order valence-corrected chi connectivity index (χ4v) is 3.45. The van der Waals surface area contributed by atoms with Crippen LogP contribution in [-0.4, -0.2) is 50.1 Å². The van der Waals surface area contributed by atoms with Gasteiger partial charge in [-0.25, -0.2) is 0 Å². The average molecular weight is 427 g/mol. The Morgan fingerprint density at radius 2 is 2.00 bits per heavy atom. The van der Waals surface area contributed by atoms with E-state index >= 15 is 0 Å². The molecular formula is C21H25N5O5. The molecule has 0 radical (unpaired) electrons. The Balaban J connectivity index is 1.58. The first-order valence-electron chi connectivity index (χ1n) is 9.93. The van der Waals surface area contributed by atoms with Gasteiger partial charge in [-0.05, 0) is 36.6 Å². The number of hydrogen-bond donors (Lipinski definition) is 3. The number of nitrogens with one attached hydrogen (secondary N) is 3. The zero-order valence-corrected chi connectivity index (χ0v) is 17.2. The number of amides is 2. The van der Waals surface area contributed by atoms with E-state index in [2.05, 4.69) is 16.2 Å². The standard InChI is InChI=1S/C21H25N5O5/c1-31-12-10-22-17-9-8-16(13-19(17)26(29)30)21(28)24-23-20(27)14-25-11-4-6-15-5-2-3-7-18(15)25/h2-3,5,7-9,13,22H,4,6,10-12,14H2,1H3,(H,23,27)(H,24,28). The minimum atomic E-state index is -0.640. The van der Waals surface area contributed by atoms with E-state index < -0.39 is 10.8 Å². The molecule has 2 amide bonds. The topological polar surface area (TPSA) is 126 Å². The second-order valence-corrected chi connectivity index (χ2v) is 7.06. The van der Waals surface area contributed by atoms with E-state index in [1.54, 1.807) is 0 Å². The van der Waals surface area contributed by atoms with Gasteiger partial charge in [0.1, 0.15) is 5.69 Å². The molecule has 10 nitrogen and oxygen atoms in total. The van der Waals surface area contributed by atoms with Gasteiger partial charge in [-0.15, -0.1) is 0 Å². The van der Waals surface area contributed by atoms with E-state index in [9.17, 15) is 19.7 Å². The summed E-state index contributed by atoms with van der Waals surface area (Å²) in [5, 5.41) is 14.2. The van der Waals surface area contributed by atoms with Crippen molar-refractivity contribution in [2.75, 3.05) is 43.6 Å². The van der Waals surface area contributed by atoms with Crippen LogP contribution in [0.4, 0.5) is 17.1 Å². The maximum absolute atomic E-state index is 12.4. The average Bonchev–Trinajstić information content (AvgIpc) is 2.78. The molecule has 0 bridgehead atoms. The number of anilines is 2. The summed E-state index contributed by atoms with van der Waals surface area (Å²) < 4.78 is 4.91. The molecule has 1 aliphatic rings. The van der Waals surface area contributed by atoms with Crippen LogP contribution in [0.3, 0.4) is 0 Å². The van der Waals surface area contributed by atoms with Gasteiger partial charge in [0.2, 0.25) is 0 Å². The summed E-state index contributed by atoms with van der Waals surface area (Å²) in [6, 6.07) is 12.0. The van der Waals surface area contributed by atoms with E-state index in [4.69, 9.17) is 4.74 Å². The number of nitrogens with zero attached hydrogens (tertiary/aromatic N) is 2. The first-order chi connectivity index (χ1) is 15.0. The first-order valence-corrected chi connectivity index (χ1v) is 9.93. The Labute approximate surface area is 179 Å². The number of fused-ring (bicyclic) bond motifs is 1. The number of nitro benzene ring substituents is 1. The zero-order chi connectivity index (χ0) is 22.2. The molecule has 0 atom stereocenters. The Kier molecular flexibility index (Phi) is 7.39. The summed E-state index contributed by atoms with van der Waals surface area (Å²) in [5.41, 5.74) is 7.02. The highest BCUT2D eigenvalue weighted by Crippen LogP contribution is 2.26. The molecule has 0 aliphatic carbocycles. The van der Waals surface area contributed by atoms with Crippen molar-refractivity contribution in [1.82, 2.24) is 10.9 Å². The lowest BCUT2D eigenvalue weighted by atomic mass is 10.0. The predicted molar refractivity (Wildman–Crippen MR) is 116 cm³/mol. The van der Waals surface area contributed by atoms with Crippen molar-refractivity contribution >= 4 is 28.9 Å². The minimum absolute atomic E-state index is 0.0626. The van der Waals surface area contributed by atoms with E-state index in [1.165, 1.54) is 24.8 Å². The van der Waals surface area contributed by atoms with Gasteiger partial charge in [-0.2, -0.15) is 0 Å². The normalized spacial score (nSPS) is 12.6. The fraction of sp³-hybridized carbons (Fsp3) is 0.333. The number of carbonyl (C=O) groups excluding carboxylic acids is 2. The van der Waals surface area contributed by atoms with Gasteiger partial charge in [-0.1, -0.05) is 18.2 Å². The van der Waals surface area contributed by atoms with Crippen molar-refractivity contribution in [3.05, 3.63) is 63.7 Å². The quantitative estimate of drug-likeness (QED) is 0.333.